The summed E-state index contributed by atoms with van der Waals surface area (Å²) in [7, 11) is 0. The molecule has 5 nitrogen and oxygen atoms in total. The molecule has 0 radical (unpaired) electrons. The van der Waals surface area contributed by atoms with Crippen molar-refractivity contribution in [1.82, 2.24) is 9.80 Å². The number of hydrogen-bond acceptors (Lipinski definition) is 2. The molecular formula is C15H24N2O3. The van der Waals surface area contributed by atoms with Crippen molar-refractivity contribution in [2.75, 3.05) is 19.6 Å². The van der Waals surface area contributed by atoms with Crippen LogP contribution in [0.25, 0.3) is 0 Å². The molecule has 2 amide bonds. The highest BCUT2D eigenvalue weighted by Gasteiger charge is 2.40. The zero-order valence-corrected chi connectivity index (χ0v) is 12.0. The molecular weight excluding hydrogens is 256 g/mol. The Morgan fingerprint density at radius 1 is 0.950 bits per heavy atom. The highest BCUT2D eigenvalue weighted by Crippen LogP contribution is 2.37. The van der Waals surface area contributed by atoms with E-state index in [2.05, 4.69) is 0 Å². The molecule has 0 aromatic rings. The van der Waals surface area contributed by atoms with Gasteiger partial charge < -0.3 is 14.9 Å². The van der Waals surface area contributed by atoms with Crippen molar-refractivity contribution in [1.29, 1.82) is 0 Å². The van der Waals surface area contributed by atoms with Crippen LogP contribution < -0.4 is 0 Å². The molecule has 3 atom stereocenters. The van der Waals surface area contributed by atoms with Gasteiger partial charge in [0, 0.05) is 25.7 Å². The van der Waals surface area contributed by atoms with E-state index in [4.69, 9.17) is 5.11 Å². The lowest BCUT2D eigenvalue weighted by Gasteiger charge is -2.42. The molecule has 2 unspecified atom stereocenters. The summed E-state index contributed by atoms with van der Waals surface area (Å²) in [5.74, 6) is -0.454. The smallest absolute Gasteiger partial charge is 0.320 e. The Balaban J connectivity index is 1.66. The van der Waals surface area contributed by atoms with Gasteiger partial charge in [0.15, 0.2) is 0 Å². The lowest BCUT2D eigenvalue weighted by Crippen LogP contribution is -2.54. The van der Waals surface area contributed by atoms with E-state index in [1.807, 2.05) is 4.90 Å². The van der Waals surface area contributed by atoms with Crippen LogP contribution in [-0.4, -0.2) is 52.6 Å². The molecule has 2 heterocycles. The second-order valence-electron chi connectivity index (χ2n) is 6.50. The summed E-state index contributed by atoms with van der Waals surface area (Å²) in [6.07, 6.45) is 7.49. The molecule has 2 aliphatic heterocycles. The van der Waals surface area contributed by atoms with Gasteiger partial charge in [-0.15, -0.1) is 0 Å². The second kappa shape index (κ2) is 5.62. The topological polar surface area (TPSA) is 60.9 Å². The van der Waals surface area contributed by atoms with Crippen LogP contribution in [-0.2, 0) is 4.79 Å². The molecule has 1 saturated carbocycles. The summed E-state index contributed by atoms with van der Waals surface area (Å²) in [4.78, 5) is 27.7. The number of aliphatic carboxylic acids is 1. The van der Waals surface area contributed by atoms with E-state index in [0.717, 1.165) is 32.4 Å². The fraction of sp³-hybridized carbons (Fsp3) is 0.867. The summed E-state index contributed by atoms with van der Waals surface area (Å²) >= 11 is 0. The summed E-state index contributed by atoms with van der Waals surface area (Å²) in [5.41, 5.74) is 0. The molecule has 20 heavy (non-hydrogen) atoms. The van der Waals surface area contributed by atoms with E-state index in [9.17, 15) is 9.59 Å². The quantitative estimate of drug-likeness (QED) is 0.800. The standard InChI is InChI=1S/C15H24N2O3/c18-14(19)12-6-2-8-16(10-12)15(20)17-9-3-5-11-4-1-7-13(11)17/h11-13H,1-10H2,(H,18,19)/t11?,12-,13?/m1/s1. The number of carboxylic acid groups (broad SMARTS) is 1. The highest BCUT2D eigenvalue weighted by atomic mass is 16.4. The van der Waals surface area contributed by atoms with Crippen LogP contribution in [0.3, 0.4) is 0 Å². The number of urea groups is 1. The number of nitrogens with zero attached hydrogens (tertiary/aromatic N) is 2. The Morgan fingerprint density at radius 2 is 1.70 bits per heavy atom. The van der Waals surface area contributed by atoms with Crippen molar-refractivity contribution in [3.05, 3.63) is 0 Å². The van der Waals surface area contributed by atoms with E-state index in [0.29, 0.717) is 24.9 Å². The average Bonchev–Trinajstić information content (AvgIpc) is 2.95. The first-order valence-corrected chi connectivity index (χ1v) is 7.95. The van der Waals surface area contributed by atoms with E-state index in [1.54, 1.807) is 4.90 Å². The summed E-state index contributed by atoms with van der Waals surface area (Å²) in [5, 5.41) is 9.15. The third-order valence-electron chi connectivity index (χ3n) is 5.28. The number of piperidine rings is 2. The van der Waals surface area contributed by atoms with Crippen molar-refractivity contribution in [3.8, 4) is 0 Å². The molecule has 1 aliphatic carbocycles. The molecule has 0 aromatic carbocycles. The SMILES string of the molecule is O=C(O)[C@@H]1CCCN(C(=O)N2CCCC3CCCC32)C1. The van der Waals surface area contributed by atoms with E-state index >= 15 is 0 Å². The Bertz CT molecular complexity index is 399. The molecule has 0 aromatic heterocycles. The number of carboxylic acids is 1. The van der Waals surface area contributed by atoms with Crippen molar-refractivity contribution < 1.29 is 14.7 Å². The molecule has 0 spiro atoms. The van der Waals surface area contributed by atoms with Crippen LogP contribution in [0.2, 0.25) is 0 Å². The van der Waals surface area contributed by atoms with Gasteiger partial charge in [-0.25, -0.2) is 4.79 Å². The largest absolute Gasteiger partial charge is 0.481 e. The summed E-state index contributed by atoms with van der Waals surface area (Å²) in [6.45, 7) is 1.97. The maximum absolute atomic E-state index is 12.7. The Kier molecular flexibility index (Phi) is 3.85. The third-order valence-corrected chi connectivity index (χ3v) is 5.28. The number of carbonyl (C=O) groups is 2. The van der Waals surface area contributed by atoms with Gasteiger partial charge in [0.2, 0.25) is 0 Å². The van der Waals surface area contributed by atoms with Gasteiger partial charge in [0.1, 0.15) is 0 Å². The first kappa shape index (κ1) is 13.7. The van der Waals surface area contributed by atoms with Gasteiger partial charge >= 0.3 is 12.0 Å². The first-order chi connectivity index (χ1) is 9.66. The van der Waals surface area contributed by atoms with Gasteiger partial charge in [0.05, 0.1) is 5.92 Å². The van der Waals surface area contributed by atoms with Crippen LogP contribution >= 0.6 is 0 Å². The number of hydrogen-bond donors (Lipinski definition) is 1. The summed E-state index contributed by atoms with van der Waals surface area (Å²) < 4.78 is 0. The minimum Gasteiger partial charge on any atom is -0.481 e. The van der Waals surface area contributed by atoms with Gasteiger partial charge in [-0.1, -0.05) is 6.42 Å². The van der Waals surface area contributed by atoms with Gasteiger partial charge in [-0.3, -0.25) is 4.79 Å². The van der Waals surface area contributed by atoms with Crippen LogP contribution in [0.4, 0.5) is 4.79 Å². The van der Waals surface area contributed by atoms with Crippen molar-refractivity contribution in [2.45, 2.75) is 51.0 Å². The monoisotopic (exact) mass is 280 g/mol. The zero-order chi connectivity index (χ0) is 14.1. The number of likely N-dealkylation sites (tertiary alicyclic amines) is 2. The minimum atomic E-state index is -0.764. The maximum atomic E-state index is 12.7. The molecule has 3 aliphatic rings. The van der Waals surface area contributed by atoms with E-state index in [-0.39, 0.29) is 11.9 Å². The van der Waals surface area contributed by atoms with Crippen molar-refractivity contribution in [2.24, 2.45) is 11.8 Å². The molecule has 112 valence electrons. The predicted octanol–water partition coefficient (Wildman–Crippen LogP) is 2.17. The number of rotatable bonds is 1. The van der Waals surface area contributed by atoms with Crippen LogP contribution in [0.15, 0.2) is 0 Å². The third kappa shape index (κ3) is 2.50. The zero-order valence-electron chi connectivity index (χ0n) is 12.0. The molecule has 3 fully saturated rings. The predicted molar refractivity (Wildman–Crippen MR) is 74.4 cm³/mol. The van der Waals surface area contributed by atoms with E-state index in [1.165, 1.54) is 19.3 Å². The van der Waals surface area contributed by atoms with E-state index < -0.39 is 5.97 Å². The second-order valence-corrected chi connectivity index (χ2v) is 6.50. The minimum absolute atomic E-state index is 0.0903. The lowest BCUT2D eigenvalue weighted by atomic mass is 9.92. The first-order valence-electron chi connectivity index (χ1n) is 7.95. The summed E-state index contributed by atoms with van der Waals surface area (Å²) in [6, 6.07) is 0.508. The fourth-order valence-electron chi connectivity index (χ4n) is 4.23. The Morgan fingerprint density at radius 3 is 2.50 bits per heavy atom. The normalized spacial score (nSPS) is 33.9. The molecule has 2 saturated heterocycles. The molecule has 0 bridgehead atoms. The van der Waals surface area contributed by atoms with Crippen LogP contribution in [0, 0.1) is 11.8 Å². The fourth-order valence-corrected chi connectivity index (χ4v) is 4.23. The van der Waals surface area contributed by atoms with Gasteiger partial charge in [-0.2, -0.15) is 0 Å². The maximum Gasteiger partial charge on any atom is 0.320 e. The average molecular weight is 280 g/mol. The lowest BCUT2D eigenvalue weighted by molar-refractivity contribution is -0.143. The number of carbonyl (C=O) groups excluding carboxylic acids is 1. The highest BCUT2D eigenvalue weighted by molar-refractivity contribution is 5.77. The van der Waals surface area contributed by atoms with Gasteiger partial charge in [0.25, 0.3) is 0 Å². The van der Waals surface area contributed by atoms with Crippen molar-refractivity contribution in [3.63, 3.8) is 0 Å². The molecule has 3 rings (SSSR count). The van der Waals surface area contributed by atoms with Gasteiger partial charge in [-0.05, 0) is 44.4 Å². The number of fused-ring (bicyclic) bond motifs is 1. The Hall–Kier alpha value is -1.26. The van der Waals surface area contributed by atoms with Crippen LogP contribution in [0.1, 0.15) is 44.9 Å². The Labute approximate surface area is 119 Å². The molecule has 5 heteroatoms. The van der Waals surface area contributed by atoms with Crippen molar-refractivity contribution >= 4 is 12.0 Å². The van der Waals surface area contributed by atoms with Crippen LogP contribution in [0.5, 0.6) is 0 Å². The molecule has 1 N–H and O–H groups in total. The number of amides is 2.